The van der Waals surface area contributed by atoms with E-state index < -0.39 is 40.6 Å². The normalized spacial score (nSPS) is 25.0. The fourth-order valence-electron chi connectivity index (χ4n) is 6.17. The van der Waals surface area contributed by atoms with Gasteiger partial charge in [0, 0.05) is 23.8 Å². The van der Waals surface area contributed by atoms with Crippen LogP contribution in [0.1, 0.15) is 95.5 Å². The number of halogens is 5. The molecule has 0 bridgehead atoms. The number of hydrogen-bond donors (Lipinski definition) is 0. The van der Waals surface area contributed by atoms with E-state index in [0.29, 0.717) is 36.8 Å². The molecule has 4 rings (SSSR count). The molecule has 2 saturated carbocycles. The molecule has 2 aromatic rings. The summed E-state index contributed by atoms with van der Waals surface area (Å²) in [7, 11) is 0. The van der Waals surface area contributed by atoms with Gasteiger partial charge in [0.1, 0.15) is 11.6 Å². The number of ether oxygens (including phenoxy) is 1. The lowest BCUT2D eigenvalue weighted by Crippen LogP contribution is -2.26. The minimum Gasteiger partial charge on any atom is -0.453 e. The van der Waals surface area contributed by atoms with E-state index in [1.807, 2.05) is 0 Å². The van der Waals surface area contributed by atoms with Gasteiger partial charge in [-0.05, 0) is 68.3 Å². The zero-order valence-corrected chi connectivity index (χ0v) is 20.3. The summed E-state index contributed by atoms with van der Waals surface area (Å²) in [6.45, 7) is 2.24. The Morgan fingerprint density at radius 2 is 1.37 bits per heavy atom. The molecule has 0 atom stereocenters. The maximum Gasteiger partial charge on any atom is 0.194 e. The van der Waals surface area contributed by atoms with Crippen LogP contribution >= 0.6 is 0 Å². The summed E-state index contributed by atoms with van der Waals surface area (Å²) in [5.41, 5.74) is -0.0557. The van der Waals surface area contributed by atoms with Crippen LogP contribution in [0.5, 0.6) is 11.5 Å². The molecule has 0 heterocycles. The molecule has 2 aliphatic carbocycles. The molecule has 2 fully saturated rings. The predicted octanol–water partition coefficient (Wildman–Crippen LogP) is 9.64. The Kier molecular flexibility index (Phi) is 8.72. The van der Waals surface area contributed by atoms with Crippen LogP contribution in [0, 0.1) is 52.9 Å². The van der Waals surface area contributed by atoms with Crippen molar-refractivity contribution < 1.29 is 26.7 Å². The van der Waals surface area contributed by atoms with E-state index >= 15 is 4.39 Å². The average Bonchev–Trinajstić information content (AvgIpc) is 2.85. The van der Waals surface area contributed by atoms with Crippen LogP contribution in [0.25, 0.3) is 0 Å². The van der Waals surface area contributed by atoms with E-state index in [9.17, 15) is 17.6 Å². The third-order valence-electron chi connectivity index (χ3n) is 8.15. The van der Waals surface area contributed by atoms with Gasteiger partial charge in [-0.15, -0.1) is 0 Å². The molecule has 2 aliphatic rings. The molecule has 0 amide bonds. The molecule has 0 saturated heterocycles. The van der Waals surface area contributed by atoms with Crippen molar-refractivity contribution in [3.63, 3.8) is 0 Å². The van der Waals surface area contributed by atoms with E-state index in [-0.39, 0.29) is 11.5 Å². The first-order chi connectivity index (χ1) is 16.9. The Hall–Kier alpha value is -2.11. The van der Waals surface area contributed by atoms with E-state index in [1.165, 1.54) is 51.4 Å². The topological polar surface area (TPSA) is 9.23 Å². The van der Waals surface area contributed by atoms with Gasteiger partial charge in [0.05, 0.1) is 0 Å². The Balaban J connectivity index is 1.37. The lowest BCUT2D eigenvalue weighted by molar-refractivity contribution is 0.154. The smallest absolute Gasteiger partial charge is 0.194 e. The molecule has 0 unspecified atom stereocenters. The van der Waals surface area contributed by atoms with Crippen LogP contribution in [-0.2, 0) is 0 Å². The van der Waals surface area contributed by atoms with Crippen molar-refractivity contribution in [2.75, 3.05) is 0 Å². The van der Waals surface area contributed by atoms with Crippen molar-refractivity contribution in [2.24, 2.45) is 17.8 Å². The van der Waals surface area contributed by atoms with Gasteiger partial charge in [-0.3, -0.25) is 0 Å². The minimum absolute atomic E-state index is 0.0557. The van der Waals surface area contributed by atoms with Gasteiger partial charge in [-0.1, -0.05) is 45.4 Å². The van der Waals surface area contributed by atoms with Crippen LogP contribution in [0.4, 0.5) is 22.0 Å². The molecule has 1 radical (unpaired) electrons. The minimum atomic E-state index is -1.64. The highest BCUT2D eigenvalue weighted by Gasteiger charge is 2.33. The fourth-order valence-corrected chi connectivity index (χ4v) is 6.17. The van der Waals surface area contributed by atoms with E-state index in [0.717, 1.165) is 24.8 Å². The van der Waals surface area contributed by atoms with Crippen LogP contribution in [-0.4, -0.2) is 0 Å². The summed E-state index contributed by atoms with van der Waals surface area (Å²) in [6, 6.07) is 4.60. The van der Waals surface area contributed by atoms with Crippen molar-refractivity contribution in [1.82, 2.24) is 0 Å². The van der Waals surface area contributed by atoms with E-state index in [1.54, 1.807) is 0 Å². The number of rotatable bonds is 8. The molecule has 191 valence electrons. The summed E-state index contributed by atoms with van der Waals surface area (Å²) in [4.78, 5) is 0. The lowest BCUT2D eigenvalue weighted by Gasteiger charge is -2.38. The van der Waals surface area contributed by atoms with Gasteiger partial charge >= 0.3 is 0 Å². The Bertz CT molecular complexity index is 968. The first-order valence-electron chi connectivity index (χ1n) is 13.1. The third kappa shape index (κ3) is 6.18. The Morgan fingerprint density at radius 3 is 1.97 bits per heavy atom. The first kappa shape index (κ1) is 26.0. The molecule has 35 heavy (non-hydrogen) atoms. The maximum atomic E-state index is 15.2. The van der Waals surface area contributed by atoms with Crippen molar-refractivity contribution in [1.29, 1.82) is 0 Å². The molecule has 6 heteroatoms. The van der Waals surface area contributed by atoms with Crippen LogP contribution in [0.2, 0.25) is 0 Å². The van der Waals surface area contributed by atoms with E-state index in [4.69, 9.17) is 4.74 Å². The fraction of sp³-hybridized carbons (Fsp3) is 0.586. The van der Waals surface area contributed by atoms with Gasteiger partial charge in [0.15, 0.2) is 29.0 Å². The first-order valence-corrected chi connectivity index (χ1v) is 13.1. The highest BCUT2D eigenvalue weighted by molar-refractivity contribution is 5.38. The Morgan fingerprint density at radius 1 is 0.771 bits per heavy atom. The molecule has 2 aromatic carbocycles. The molecule has 1 nitrogen and oxygen atoms in total. The summed E-state index contributed by atoms with van der Waals surface area (Å²) in [5.74, 6) is -5.11. The second-order valence-corrected chi connectivity index (χ2v) is 10.4. The van der Waals surface area contributed by atoms with Crippen LogP contribution < -0.4 is 4.74 Å². The average molecular weight is 494 g/mol. The number of hydrogen-bond acceptors (Lipinski definition) is 1. The number of benzene rings is 2. The summed E-state index contributed by atoms with van der Waals surface area (Å²) in [6.07, 6.45) is 13.7. The van der Waals surface area contributed by atoms with Gasteiger partial charge in [-0.25, -0.2) is 22.0 Å². The lowest BCUT2D eigenvalue weighted by atomic mass is 9.68. The predicted molar refractivity (Wildman–Crippen MR) is 126 cm³/mol. The molecule has 0 aliphatic heterocycles. The highest BCUT2D eigenvalue weighted by atomic mass is 19.2. The van der Waals surface area contributed by atoms with Crippen molar-refractivity contribution in [3.8, 4) is 11.5 Å². The van der Waals surface area contributed by atoms with Crippen molar-refractivity contribution in [3.05, 3.63) is 58.9 Å². The second kappa shape index (κ2) is 11.7. The summed E-state index contributed by atoms with van der Waals surface area (Å²) < 4.78 is 75.3. The molecular formula is C29H34F5O. The van der Waals surface area contributed by atoms with Crippen LogP contribution in [0.3, 0.4) is 0 Å². The van der Waals surface area contributed by atoms with Gasteiger partial charge in [0.2, 0.25) is 0 Å². The molecular weight excluding hydrogens is 459 g/mol. The summed E-state index contributed by atoms with van der Waals surface area (Å²) >= 11 is 0. The van der Waals surface area contributed by atoms with Crippen molar-refractivity contribution in [2.45, 2.75) is 89.9 Å². The number of unbranched alkanes of at least 4 members (excludes halogenated alkanes) is 2. The SMILES string of the molecule is CCCCC[C@H]1CC[C@H](C2CCC(c3c(F)c[c]c(Oc4cc(F)c(F)c(F)c4)c3F)CC2)CC1. The van der Waals surface area contributed by atoms with Crippen molar-refractivity contribution >= 4 is 0 Å². The van der Waals surface area contributed by atoms with Gasteiger partial charge in [-0.2, -0.15) is 0 Å². The molecule has 0 aromatic heterocycles. The Labute approximate surface area is 205 Å². The summed E-state index contributed by atoms with van der Waals surface area (Å²) in [5, 5.41) is 0. The zero-order chi connectivity index (χ0) is 24.9. The van der Waals surface area contributed by atoms with Gasteiger partial charge < -0.3 is 4.74 Å². The van der Waals surface area contributed by atoms with Crippen LogP contribution in [0.15, 0.2) is 18.2 Å². The monoisotopic (exact) mass is 493 g/mol. The third-order valence-corrected chi connectivity index (χ3v) is 8.15. The largest absolute Gasteiger partial charge is 0.453 e. The molecule has 0 N–H and O–H groups in total. The molecule has 0 spiro atoms. The quantitative estimate of drug-likeness (QED) is 0.202. The zero-order valence-electron chi connectivity index (χ0n) is 20.3. The standard InChI is InChI=1S/C29H34F5O/c1-2-3-4-5-18-6-8-19(9-7-18)20-10-12-21(13-11-20)27-23(30)14-15-26(29(27)34)35-22-16-24(31)28(33)25(32)17-22/h14,16-21H,2-13H2,1H3/t18-,19-,20?,21?. The van der Waals surface area contributed by atoms with Gasteiger partial charge in [0.25, 0.3) is 0 Å². The maximum absolute atomic E-state index is 15.2. The highest BCUT2D eigenvalue weighted by Crippen LogP contribution is 2.46. The second-order valence-electron chi connectivity index (χ2n) is 10.4. The van der Waals surface area contributed by atoms with E-state index in [2.05, 4.69) is 13.0 Å².